The standard InChI is InChI=1S/C18H15BrN4O3/c19-14-8-6-13(7-9-14)18(24)26-11-16(22-23-20)15-10-25-17(21-15)12-4-2-1-3-5-12/h1-9,15-16H,10-11H2/t15-,16-/m1/s1. The molecule has 1 heterocycles. The van der Waals surface area contributed by atoms with Crippen molar-refractivity contribution >= 4 is 27.8 Å². The van der Waals surface area contributed by atoms with Crippen LogP contribution < -0.4 is 0 Å². The van der Waals surface area contributed by atoms with E-state index in [0.29, 0.717) is 11.5 Å². The highest BCUT2D eigenvalue weighted by Crippen LogP contribution is 2.18. The van der Waals surface area contributed by atoms with Crippen molar-refractivity contribution in [1.29, 1.82) is 0 Å². The van der Waals surface area contributed by atoms with E-state index in [4.69, 9.17) is 15.0 Å². The van der Waals surface area contributed by atoms with Crippen molar-refractivity contribution in [2.45, 2.75) is 12.1 Å². The van der Waals surface area contributed by atoms with Crippen molar-refractivity contribution in [2.24, 2.45) is 10.1 Å². The minimum absolute atomic E-state index is 0.0709. The molecule has 0 radical (unpaired) electrons. The van der Waals surface area contributed by atoms with E-state index in [-0.39, 0.29) is 13.2 Å². The number of aliphatic imine (C=N–C) groups is 1. The lowest BCUT2D eigenvalue weighted by Gasteiger charge is -2.14. The molecule has 2 aromatic rings. The van der Waals surface area contributed by atoms with Crippen LogP contribution in [0.2, 0.25) is 0 Å². The molecular formula is C18H15BrN4O3. The van der Waals surface area contributed by atoms with E-state index in [1.165, 1.54) is 0 Å². The lowest BCUT2D eigenvalue weighted by Crippen LogP contribution is -2.29. The van der Waals surface area contributed by atoms with Crippen LogP contribution in [0.15, 0.2) is 69.2 Å². The van der Waals surface area contributed by atoms with Gasteiger partial charge in [-0.1, -0.05) is 39.2 Å². The summed E-state index contributed by atoms with van der Waals surface area (Å²) in [5, 5.41) is 3.72. The summed E-state index contributed by atoms with van der Waals surface area (Å²) in [4.78, 5) is 19.4. The number of hydrogen-bond acceptors (Lipinski definition) is 5. The first-order valence-electron chi connectivity index (χ1n) is 7.90. The number of carbonyl (C=O) groups excluding carboxylic acids is 1. The van der Waals surface area contributed by atoms with E-state index in [9.17, 15) is 4.79 Å². The smallest absolute Gasteiger partial charge is 0.338 e. The van der Waals surface area contributed by atoms with Gasteiger partial charge in [-0.05, 0) is 41.9 Å². The summed E-state index contributed by atoms with van der Waals surface area (Å²) in [5.74, 6) is 0.00907. The monoisotopic (exact) mass is 414 g/mol. The van der Waals surface area contributed by atoms with Gasteiger partial charge in [-0.3, -0.25) is 0 Å². The van der Waals surface area contributed by atoms with Crippen LogP contribution in [0, 0.1) is 0 Å². The molecule has 0 saturated carbocycles. The third-order valence-corrected chi connectivity index (χ3v) is 4.33. The summed E-state index contributed by atoms with van der Waals surface area (Å²) in [7, 11) is 0. The number of esters is 1. The highest BCUT2D eigenvalue weighted by molar-refractivity contribution is 9.10. The van der Waals surface area contributed by atoms with Crippen LogP contribution in [0.1, 0.15) is 15.9 Å². The quantitative estimate of drug-likeness (QED) is 0.307. The summed E-state index contributed by atoms with van der Waals surface area (Å²) in [6, 6.07) is 15.2. The molecule has 8 heteroatoms. The number of nitrogens with zero attached hydrogens (tertiary/aromatic N) is 4. The van der Waals surface area contributed by atoms with Crippen molar-refractivity contribution in [3.63, 3.8) is 0 Å². The van der Waals surface area contributed by atoms with E-state index in [1.54, 1.807) is 24.3 Å². The Labute approximate surface area is 158 Å². The molecule has 0 N–H and O–H groups in total. The average molecular weight is 415 g/mol. The van der Waals surface area contributed by atoms with Crippen molar-refractivity contribution < 1.29 is 14.3 Å². The maximum Gasteiger partial charge on any atom is 0.338 e. The van der Waals surface area contributed by atoms with Crippen LogP contribution in [0.5, 0.6) is 0 Å². The van der Waals surface area contributed by atoms with Gasteiger partial charge in [-0.15, -0.1) is 0 Å². The van der Waals surface area contributed by atoms with Crippen molar-refractivity contribution in [3.05, 3.63) is 80.6 Å². The maximum absolute atomic E-state index is 12.1. The number of ether oxygens (including phenoxy) is 2. The average Bonchev–Trinajstić information content (AvgIpc) is 3.16. The van der Waals surface area contributed by atoms with Gasteiger partial charge in [0, 0.05) is 14.9 Å². The molecule has 0 saturated heterocycles. The van der Waals surface area contributed by atoms with Crippen LogP contribution in [-0.4, -0.2) is 37.2 Å². The van der Waals surface area contributed by atoms with Gasteiger partial charge in [0.05, 0.1) is 17.6 Å². The fourth-order valence-electron chi connectivity index (χ4n) is 2.44. The van der Waals surface area contributed by atoms with Gasteiger partial charge in [-0.2, -0.15) is 0 Å². The Kier molecular flexibility index (Phi) is 5.88. The maximum atomic E-state index is 12.1. The molecular weight excluding hydrogens is 400 g/mol. The Hall–Kier alpha value is -2.83. The molecule has 1 aliphatic heterocycles. The molecule has 0 unspecified atom stereocenters. The molecule has 0 fully saturated rings. The van der Waals surface area contributed by atoms with Crippen LogP contribution in [0.25, 0.3) is 10.4 Å². The fourth-order valence-corrected chi connectivity index (χ4v) is 2.71. The van der Waals surface area contributed by atoms with Gasteiger partial charge < -0.3 is 9.47 Å². The van der Waals surface area contributed by atoms with E-state index in [1.807, 2.05) is 30.3 Å². The first kappa shape index (κ1) is 18.0. The Morgan fingerprint density at radius 2 is 2.04 bits per heavy atom. The number of halogens is 1. The highest BCUT2D eigenvalue weighted by Gasteiger charge is 2.28. The van der Waals surface area contributed by atoms with Gasteiger partial charge >= 0.3 is 5.97 Å². The summed E-state index contributed by atoms with van der Waals surface area (Å²) in [5.41, 5.74) is 10.1. The molecule has 26 heavy (non-hydrogen) atoms. The van der Waals surface area contributed by atoms with Crippen LogP contribution in [-0.2, 0) is 9.47 Å². The predicted octanol–water partition coefficient (Wildman–Crippen LogP) is 4.13. The largest absolute Gasteiger partial charge is 0.475 e. The third kappa shape index (κ3) is 4.41. The first-order chi connectivity index (χ1) is 12.7. The molecule has 3 rings (SSSR count). The molecule has 0 aliphatic carbocycles. The van der Waals surface area contributed by atoms with E-state index >= 15 is 0 Å². The van der Waals surface area contributed by atoms with E-state index < -0.39 is 18.1 Å². The Morgan fingerprint density at radius 1 is 1.31 bits per heavy atom. The number of azide groups is 1. The van der Waals surface area contributed by atoms with Crippen LogP contribution in [0.4, 0.5) is 0 Å². The molecule has 1 aliphatic rings. The number of benzene rings is 2. The lowest BCUT2D eigenvalue weighted by atomic mass is 10.1. The fraction of sp³-hybridized carbons (Fsp3) is 0.222. The Morgan fingerprint density at radius 3 is 2.73 bits per heavy atom. The summed E-state index contributed by atoms with van der Waals surface area (Å²) in [6.07, 6.45) is 0. The van der Waals surface area contributed by atoms with Crippen LogP contribution >= 0.6 is 15.9 Å². The zero-order valence-electron chi connectivity index (χ0n) is 13.7. The number of hydrogen-bond donors (Lipinski definition) is 0. The minimum Gasteiger partial charge on any atom is -0.475 e. The van der Waals surface area contributed by atoms with Crippen molar-refractivity contribution in [3.8, 4) is 0 Å². The molecule has 7 nitrogen and oxygen atoms in total. The zero-order chi connectivity index (χ0) is 18.4. The van der Waals surface area contributed by atoms with Gasteiger partial charge in [0.2, 0.25) is 5.90 Å². The van der Waals surface area contributed by atoms with E-state index in [0.717, 1.165) is 10.0 Å². The topological polar surface area (TPSA) is 96.7 Å². The second kappa shape index (κ2) is 8.51. The third-order valence-electron chi connectivity index (χ3n) is 3.80. The van der Waals surface area contributed by atoms with Gasteiger partial charge in [-0.25, -0.2) is 9.79 Å². The van der Waals surface area contributed by atoms with E-state index in [2.05, 4.69) is 30.9 Å². The molecule has 132 valence electrons. The number of carbonyl (C=O) groups is 1. The molecule has 0 aromatic heterocycles. The summed E-state index contributed by atoms with van der Waals surface area (Å²) >= 11 is 3.31. The predicted molar refractivity (Wildman–Crippen MR) is 100 cm³/mol. The second-order valence-electron chi connectivity index (χ2n) is 5.56. The molecule has 0 amide bonds. The number of rotatable bonds is 6. The normalized spacial score (nSPS) is 16.8. The van der Waals surface area contributed by atoms with Gasteiger partial charge in [0.1, 0.15) is 13.2 Å². The molecule has 0 spiro atoms. The Balaban J connectivity index is 1.66. The van der Waals surface area contributed by atoms with Gasteiger partial charge in [0.25, 0.3) is 0 Å². The second-order valence-corrected chi connectivity index (χ2v) is 6.47. The lowest BCUT2D eigenvalue weighted by molar-refractivity contribution is 0.0467. The first-order valence-corrected chi connectivity index (χ1v) is 8.69. The van der Waals surface area contributed by atoms with Crippen molar-refractivity contribution in [2.75, 3.05) is 13.2 Å². The molecule has 0 bridgehead atoms. The minimum atomic E-state index is -0.638. The molecule has 2 atom stereocenters. The van der Waals surface area contributed by atoms with Gasteiger partial charge in [0.15, 0.2) is 0 Å². The Bertz CT molecular complexity index is 848. The SMILES string of the molecule is [N-]=[N+]=N[C@H](COC(=O)c1ccc(Br)cc1)[C@H]1COC(c2ccccc2)=N1. The summed E-state index contributed by atoms with van der Waals surface area (Å²) in [6.45, 7) is 0.197. The van der Waals surface area contributed by atoms with Crippen molar-refractivity contribution in [1.82, 2.24) is 0 Å². The zero-order valence-corrected chi connectivity index (χ0v) is 15.2. The summed E-state index contributed by atoms with van der Waals surface area (Å²) < 4.78 is 11.8. The molecule has 2 aromatic carbocycles. The highest BCUT2D eigenvalue weighted by atomic mass is 79.9. The van der Waals surface area contributed by atoms with Crippen LogP contribution in [0.3, 0.4) is 0 Å².